The number of ether oxygens (including phenoxy) is 1. The Morgan fingerprint density at radius 2 is 1.79 bits per heavy atom. The topological polar surface area (TPSA) is 68.2 Å². The molecule has 3 heterocycles. The van der Waals surface area contributed by atoms with Gasteiger partial charge >= 0.3 is 0 Å². The highest BCUT2D eigenvalue weighted by atomic mass is 16.5. The molecule has 1 aliphatic heterocycles. The van der Waals surface area contributed by atoms with Crippen molar-refractivity contribution in [2.24, 2.45) is 0 Å². The molecule has 0 saturated carbocycles. The van der Waals surface area contributed by atoms with E-state index in [1.54, 1.807) is 36.9 Å². The van der Waals surface area contributed by atoms with Gasteiger partial charge in [0, 0.05) is 43.8 Å². The number of carbonyl (C=O) groups is 1. The molecule has 0 spiro atoms. The molecule has 1 aliphatic rings. The van der Waals surface area contributed by atoms with E-state index in [1.807, 2.05) is 36.1 Å². The van der Waals surface area contributed by atoms with E-state index in [2.05, 4.69) is 15.0 Å². The van der Waals surface area contributed by atoms with Gasteiger partial charge in [-0.2, -0.15) is 0 Å². The Morgan fingerprint density at radius 1 is 1.04 bits per heavy atom. The standard InChI is InChI=1S/C22H22N4O2/c1-16-4-6-19(7-5-16)28-21-20(24-11-12-25-21)17-8-13-26(14-9-17)22(27)18-3-2-10-23-15-18/h2-7,10-12,15,17H,8-9,13-14H2,1H3. The number of carbonyl (C=O) groups excluding carboxylic acids is 1. The molecule has 1 fully saturated rings. The van der Waals surface area contributed by atoms with Crippen molar-refractivity contribution in [3.05, 3.63) is 78.0 Å². The maximum absolute atomic E-state index is 12.6. The lowest BCUT2D eigenvalue weighted by molar-refractivity contribution is 0.0711. The second-order valence-electron chi connectivity index (χ2n) is 6.97. The fourth-order valence-electron chi connectivity index (χ4n) is 3.44. The summed E-state index contributed by atoms with van der Waals surface area (Å²) in [5, 5.41) is 0. The molecule has 1 aromatic carbocycles. The smallest absolute Gasteiger partial charge is 0.255 e. The minimum Gasteiger partial charge on any atom is -0.437 e. The first-order valence-electron chi connectivity index (χ1n) is 9.45. The minimum absolute atomic E-state index is 0.0295. The van der Waals surface area contributed by atoms with Crippen molar-refractivity contribution in [2.75, 3.05) is 13.1 Å². The van der Waals surface area contributed by atoms with Crippen LogP contribution in [-0.4, -0.2) is 38.8 Å². The van der Waals surface area contributed by atoms with Crippen molar-refractivity contribution in [3.8, 4) is 11.6 Å². The van der Waals surface area contributed by atoms with E-state index < -0.39 is 0 Å². The monoisotopic (exact) mass is 374 g/mol. The molecule has 1 saturated heterocycles. The van der Waals surface area contributed by atoms with Crippen LogP contribution in [0.1, 0.15) is 40.4 Å². The second-order valence-corrected chi connectivity index (χ2v) is 6.97. The lowest BCUT2D eigenvalue weighted by atomic mass is 9.93. The maximum atomic E-state index is 12.6. The summed E-state index contributed by atoms with van der Waals surface area (Å²) >= 11 is 0. The highest BCUT2D eigenvalue weighted by molar-refractivity contribution is 5.93. The number of hydrogen-bond donors (Lipinski definition) is 0. The quantitative estimate of drug-likeness (QED) is 0.691. The fourth-order valence-corrected chi connectivity index (χ4v) is 3.44. The summed E-state index contributed by atoms with van der Waals surface area (Å²) in [5.74, 6) is 1.54. The highest BCUT2D eigenvalue weighted by Crippen LogP contribution is 2.33. The van der Waals surface area contributed by atoms with Gasteiger partial charge in [-0.3, -0.25) is 14.8 Å². The van der Waals surface area contributed by atoms with Gasteiger partial charge in [0.15, 0.2) is 0 Å². The number of rotatable bonds is 4. The number of pyridine rings is 1. The van der Waals surface area contributed by atoms with Crippen molar-refractivity contribution in [1.82, 2.24) is 19.9 Å². The van der Waals surface area contributed by atoms with Crippen molar-refractivity contribution in [2.45, 2.75) is 25.7 Å². The Hall–Kier alpha value is -3.28. The SMILES string of the molecule is Cc1ccc(Oc2nccnc2C2CCN(C(=O)c3cccnc3)CC2)cc1. The van der Waals surface area contributed by atoms with Crippen LogP contribution in [0.25, 0.3) is 0 Å². The van der Waals surface area contributed by atoms with Crippen LogP contribution < -0.4 is 4.74 Å². The average molecular weight is 374 g/mol. The van der Waals surface area contributed by atoms with Crippen LogP contribution in [0.4, 0.5) is 0 Å². The summed E-state index contributed by atoms with van der Waals surface area (Å²) < 4.78 is 6.00. The molecule has 1 amide bonds. The first-order valence-corrected chi connectivity index (χ1v) is 9.45. The van der Waals surface area contributed by atoms with Crippen molar-refractivity contribution in [1.29, 1.82) is 0 Å². The van der Waals surface area contributed by atoms with Gasteiger partial charge in [-0.1, -0.05) is 17.7 Å². The van der Waals surface area contributed by atoms with Crippen LogP contribution in [0, 0.1) is 6.92 Å². The molecule has 0 bridgehead atoms. The van der Waals surface area contributed by atoms with Gasteiger partial charge in [-0.25, -0.2) is 4.98 Å². The lowest BCUT2D eigenvalue weighted by Gasteiger charge is -2.32. The molecule has 2 aromatic heterocycles. The van der Waals surface area contributed by atoms with Gasteiger partial charge in [-0.15, -0.1) is 0 Å². The molecule has 0 radical (unpaired) electrons. The number of amides is 1. The van der Waals surface area contributed by atoms with Gasteiger partial charge in [0.2, 0.25) is 5.88 Å². The first kappa shape index (κ1) is 18.1. The third-order valence-corrected chi connectivity index (χ3v) is 5.00. The number of likely N-dealkylation sites (tertiary alicyclic amines) is 1. The third-order valence-electron chi connectivity index (χ3n) is 5.00. The molecule has 28 heavy (non-hydrogen) atoms. The van der Waals surface area contributed by atoms with E-state index in [1.165, 1.54) is 5.56 Å². The Labute approximate surface area is 164 Å². The first-order chi connectivity index (χ1) is 13.7. The van der Waals surface area contributed by atoms with E-state index in [0.717, 1.165) is 24.3 Å². The molecule has 0 unspecified atom stereocenters. The molecule has 0 atom stereocenters. The Kier molecular flexibility index (Phi) is 5.28. The van der Waals surface area contributed by atoms with Gasteiger partial charge in [0.1, 0.15) is 11.4 Å². The minimum atomic E-state index is 0.0295. The van der Waals surface area contributed by atoms with Gasteiger partial charge in [0.05, 0.1) is 5.56 Å². The Balaban J connectivity index is 1.45. The summed E-state index contributed by atoms with van der Waals surface area (Å²) in [6.07, 6.45) is 8.29. The molecular formula is C22H22N4O2. The van der Waals surface area contributed by atoms with Crippen LogP contribution in [0.2, 0.25) is 0 Å². The third kappa shape index (κ3) is 4.01. The van der Waals surface area contributed by atoms with Crippen LogP contribution in [0.5, 0.6) is 11.6 Å². The van der Waals surface area contributed by atoms with Crippen LogP contribution in [0.15, 0.2) is 61.2 Å². The molecule has 0 aliphatic carbocycles. The molecule has 3 aromatic rings. The number of aromatic nitrogens is 3. The normalized spacial score (nSPS) is 14.7. The molecule has 0 N–H and O–H groups in total. The number of aryl methyl sites for hydroxylation is 1. The summed E-state index contributed by atoms with van der Waals surface area (Å²) in [5.41, 5.74) is 2.66. The zero-order chi connectivity index (χ0) is 19.3. The lowest BCUT2D eigenvalue weighted by Crippen LogP contribution is -2.38. The van der Waals surface area contributed by atoms with Crippen molar-refractivity contribution in [3.63, 3.8) is 0 Å². The largest absolute Gasteiger partial charge is 0.437 e. The van der Waals surface area contributed by atoms with Gasteiger partial charge in [-0.05, 0) is 44.0 Å². The van der Waals surface area contributed by atoms with E-state index >= 15 is 0 Å². The average Bonchev–Trinajstić information content (AvgIpc) is 2.76. The fraction of sp³-hybridized carbons (Fsp3) is 0.273. The Bertz CT molecular complexity index is 936. The zero-order valence-corrected chi connectivity index (χ0v) is 15.8. The van der Waals surface area contributed by atoms with Gasteiger partial charge in [0.25, 0.3) is 5.91 Å². The number of hydrogen-bond acceptors (Lipinski definition) is 5. The second kappa shape index (κ2) is 8.17. The summed E-state index contributed by atoms with van der Waals surface area (Å²) in [6.45, 7) is 3.40. The molecule has 6 nitrogen and oxygen atoms in total. The van der Waals surface area contributed by atoms with E-state index in [-0.39, 0.29) is 11.8 Å². The predicted molar refractivity (Wildman–Crippen MR) is 105 cm³/mol. The zero-order valence-electron chi connectivity index (χ0n) is 15.8. The van der Waals surface area contributed by atoms with Crippen molar-refractivity contribution < 1.29 is 9.53 Å². The van der Waals surface area contributed by atoms with Crippen LogP contribution >= 0.6 is 0 Å². The Morgan fingerprint density at radius 3 is 2.50 bits per heavy atom. The number of benzene rings is 1. The van der Waals surface area contributed by atoms with Gasteiger partial charge < -0.3 is 9.64 Å². The summed E-state index contributed by atoms with van der Waals surface area (Å²) in [7, 11) is 0. The molecular weight excluding hydrogens is 352 g/mol. The van der Waals surface area contributed by atoms with E-state index in [9.17, 15) is 4.79 Å². The van der Waals surface area contributed by atoms with E-state index in [0.29, 0.717) is 24.5 Å². The summed E-state index contributed by atoms with van der Waals surface area (Å²) in [4.78, 5) is 27.5. The molecule has 6 heteroatoms. The summed E-state index contributed by atoms with van der Waals surface area (Å²) in [6, 6.07) is 11.5. The van der Waals surface area contributed by atoms with Crippen LogP contribution in [0.3, 0.4) is 0 Å². The predicted octanol–water partition coefficient (Wildman–Crippen LogP) is 3.99. The van der Waals surface area contributed by atoms with E-state index in [4.69, 9.17) is 4.74 Å². The number of nitrogens with zero attached hydrogens (tertiary/aromatic N) is 4. The number of piperidine rings is 1. The maximum Gasteiger partial charge on any atom is 0.255 e. The molecule has 142 valence electrons. The van der Waals surface area contributed by atoms with Crippen LogP contribution in [-0.2, 0) is 0 Å². The molecule has 4 rings (SSSR count). The highest BCUT2D eigenvalue weighted by Gasteiger charge is 2.28. The van der Waals surface area contributed by atoms with Crippen molar-refractivity contribution >= 4 is 5.91 Å².